The Morgan fingerprint density at radius 1 is 1.15 bits per heavy atom. The number of fused-ring (bicyclic) bond motifs is 1. The smallest absolute Gasteiger partial charge is 0.244 e. The van der Waals surface area contributed by atoms with E-state index in [1.165, 1.54) is 17.3 Å². The maximum atomic E-state index is 12.9. The predicted octanol–water partition coefficient (Wildman–Crippen LogP) is 3.11. The second kappa shape index (κ2) is 7.35. The van der Waals surface area contributed by atoms with E-state index in [9.17, 15) is 9.59 Å². The predicted molar refractivity (Wildman–Crippen MR) is 106 cm³/mol. The zero-order valence-corrected chi connectivity index (χ0v) is 15.5. The molecule has 1 aromatic heterocycles. The Balaban J connectivity index is 1.52. The van der Waals surface area contributed by atoms with Gasteiger partial charge in [-0.1, -0.05) is 42.0 Å². The minimum Gasteiger partial charge on any atom is -0.340 e. The number of aryl methyl sites for hydroxylation is 1. The fourth-order valence-corrected chi connectivity index (χ4v) is 3.83. The molecule has 1 aliphatic heterocycles. The van der Waals surface area contributed by atoms with Gasteiger partial charge < -0.3 is 4.90 Å². The van der Waals surface area contributed by atoms with Crippen molar-refractivity contribution in [2.75, 3.05) is 13.1 Å². The summed E-state index contributed by atoms with van der Waals surface area (Å²) in [5.74, 6) is 0.426. The Hall–Kier alpha value is -2.95. The number of likely N-dealkylation sites (tertiary alicyclic amines) is 1. The van der Waals surface area contributed by atoms with E-state index in [1.54, 1.807) is 10.7 Å². The summed E-state index contributed by atoms with van der Waals surface area (Å²) in [5.41, 5.74) is 3.13. The van der Waals surface area contributed by atoms with Crippen LogP contribution >= 0.6 is 0 Å². The van der Waals surface area contributed by atoms with Gasteiger partial charge in [-0.15, -0.1) is 0 Å². The number of carbonyl (C=O) groups excluding carboxylic acids is 1. The van der Waals surface area contributed by atoms with Crippen molar-refractivity contribution in [2.24, 2.45) is 0 Å². The molecule has 5 nitrogen and oxygen atoms in total. The molecule has 0 bridgehead atoms. The maximum absolute atomic E-state index is 12.9. The lowest BCUT2D eigenvalue weighted by atomic mass is 9.90. The molecule has 1 amide bonds. The molecule has 2 heterocycles. The number of carbonyl (C=O) groups is 1. The van der Waals surface area contributed by atoms with Crippen molar-refractivity contribution in [1.29, 1.82) is 0 Å². The summed E-state index contributed by atoms with van der Waals surface area (Å²) in [6, 6.07) is 15.9. The highest BCUT2D eigenvalue weighted by Gasteiger charge is 2.25. The number of piperidine rings is 1. The lowest BCUT2D eigenvalue weighted by molar-refractivity contribution is -0.133. The van der Waals surface area contributed by atoms with Gasteiger partial charge in [-0.05, 0) is 37.5 Å². The van der Waals surface area contributed by atoms with E-state index in [1.807, 2.05) is 23.1 Å². The van der Waals surface area contributed by atoms with Gasteiger partial charge >= 0.3 is 0 Å². The van der Waals surface area contributed by atoms with E-state index >= 15 is 0 Å². The normalized spacial score (nSPS) is 17.2. The van der Waals surface area contributed by atoms with Crippen LogP contribution in [0.2, 0.25) is 0 Å². The van der Waals surface area contributed by atoms with Crippen LogP contribution in [0.3, 0.4) is 0 Å². The van der Waals surface area contributed by atoms with Gasteiger partial charge in [0.2, 0.25) is 11.3 Å². The van der Waals surface area contributed by atoms with Crippen LogP contribution in [-0.2, 0) is 11.3 Å². The van der Waals surface area contributed by atoms with Crippen LogP contribution in [0.1, 0.15) is 29.9 Å². The number of aromatic nitrogens is 2. The third-order valence-electron chi connectivity index (χ3n) is 5.37. The topological polar surface area (TPSA) is 55.2 Å². The summed E-state index contributed by atoms with van der Waals surface area (Å²) >= 11 is 0. The van der Waals surface area contributed by atoms with Crippen molar-refractivity contribution in [1.82, 2.24) is 14.7 Å². The van der Waals surface area contributed by atoms with Crippen molar-refractivity contribution in [2.45, 2.75) is 32.2 Å². The number of benzene rings is 2. The highest BCUT2D eigenvalue weighted by atomic mass is 16.2. The van der Waals surface area contributed by atoms with E-state index in [0.29, 0.717) is 16.8 Å². The summed E-state index contributed by atoms with van der Waals surface area (Å²) in [4.78, 5) is 26.8. The first kappa shape index (κ1) is 17.5. The van der Waals surface area contributed by atoms with Crippen LogP contribution in [0.25, 0.3) is 10.9 Å². The molecule has 138 valence electrons. The van der Waals surface area contributed by atoms with E-state index in [0.717, 1.165) is 25.9 Å². The molecule has 0 aliphatic carbocycles. The maximum Gasteiger partial charge on any atom is 0.244 e. The highest BCUT2D eigenvalue weighted by molar-refractivity contribution is 5.81. The third kappa shape index (κ3) is 3.63. The largest absolute Gasteiger partial charge is 0.340 e. The standard InChI is InChI=1S/C22H23N3O2/c1-16-8-10-17(11-9-16)18-5-4-12-24(14-18)22(27)15-25-20-7-3-2-6-19(20)21(26)13-23-25/h2-3,6-11,13,18H,4-5,12,14-15H2,1H3. The number of amides is 1. The molecule has 27 heavy (non-hydrogen) atoms. The van der Waals surface area contributed by atoms with Gasteiger partial charge in [0.1, 0.15) is 6.54 Å². The monoisotopic (exact) mass is 361 g/mol. The van der Waals surface area contributed by atoms with Crippen LogP contribution in [-0.4, -0.2) is 33.7 Å². The molecule has 4 rings (SSSR count). The Labute approximate surface area is 158 Å². The van der Waals surface area contributed by atoms with Crippen molar-refractivity contribution < 1.29 is 4.79 Å². The number of rotatable bonds is 3. The fraction of sp³-hybridized carbons (Fsp3) is 0.318. The van der Waals surface area contributed by atoms with Crippen LogP contribution < -0.4 is 5.43 Å². The molecule has 0 saturated carbocycles. The molecule has 5 heteroatoms. The fourth-order valence-electron chi connectivity index (χ4n) is 3.83. The molecule has 1 fully saturated rings. The molecular weight excluding hydrogens is 338 g/mol. The van der Waals surface area contributed by atoms with Gasteiger partial charge in [0.05, 0.1) is 11.7 Å². The summed E-state index contributed by atoms with van der Waals surface area (Å²) < 4.78 is 1.63. The van der Waals surface area contributed by atoms with Gasteiger partial charge in [0.25, 0.3) is 0 Å². The zero-order chi connectivity index (χ0) is 18.8. The van der Waals surface area contributed by atoms with E-state index < -0.39 is 0 Å². The van der Waals surface area contributed by atoms with Crippen LogP contribution in [0.15, 0.2) is 59.5 Å². The average Bonchev–Trinajstić information content (AvgIpc) is 2.71. The third-order valence-corrected chi connectivity index (χ3v) is 5.37. The van der Waals surface area contributed by atoms with Crippen molar-refractivity contribution in [3.05, 3.63) is 76.1 Å². The molecule has 1 unspecified atom stereocenters. The Morgan fingerprint density at radius 2 is 1.93 bits per heavy atom. The second-order valence-corrected chi connectivity index (χ2v) is 7.27. The number of hydrogen-bond acceptors (Lipinski definition) is 3. The van der Waals surface area contributed by atoms with Crippen molar-refractivity contribution in [3.63, 3.8) is 0 Å². The summed E-state index contributed by atoms with van der Waals surface area (Å²) in [6.45, 7) is 3.75. The number of nitrogens with zero attached hydrogens (tertiary/aromatic N) is 3. The number of hydrogen-bond donors (Lipinski definition) is 0. The van der Waals surface area contributed by atoms with Crippen LogP contribution in [0.5, 0.6) is 0 Å². The zero-order valence-electron chi connectivity index (χ0n) is 15.5. The first-order chi connectivity index (χ1) is 13.1. The van der Waals surface area contributed by atoms with Gasteiger partial charge in [0, 0.05) is 24.4 Å². The SMILES string of the molecule is Cc1ccc(C2CCCN(C(=O)Cn3ncc(=O)c4ccccc43)C2)cc1. The second-order valence-electron chi connectivity index (χ2n) is 7.27. The van der Waals surface area contributed by atoms with Crippen molar-refractivity contribution in [3.8, 4) is 0 Å². The molecule has 0 N–H and O–H groups in total. The first-order valence-electron chi connectivity index (χ1n) is 9.41. The molecule has 1 atom stereocenters. The van der Waals surface area contributed by atoms with Gasteiger partial charge in [-0.2, -0.15) is 5.10 Å². The Morgan fingerprint density at radius 3 is 2.74 bits per heavy atom. The van der Waals surface area contributed by atoms with Gasteiger partial charge in [-0.25, -0.2) is 0 Å². The minimum atomic E-state index is -0.119. The number of para-hydroxylation sites is 1. The highest BCUT2D eigenvalue weighted by Crippen LogP contribution is 2.27. The quantitative estimate of drug-likeness (QED) is 0.720. The van der Waals surface area contributed by atoms with E-state index in [4.69, 9.17) is 0 Å². The van der Waals surface area contributed by atoms with E-state index in [2.05, 4.69) is 36.3 Å². The van der Waals surface area contributed by atoms with Gasteiger partial charge in [-0.3, -0.25) is 14.3 Å². The molecule has 1 saturated heterocycles. The van der Waals surface area contributed by atoms with Crippen LogP contribution in [0, 0.1) is 6.92 Å². The molecule has 2 aromatic carbocycles. The Kier molecular flexibility index (Phi) is 4.75. The average molecular weight is 361 g/mol. The lowest BCUT2D eigenvalue weighted by Crippen LogP contribution is -2.41. The molecule has 0 radical (unpaired) electrons. The summed E-state index contributed by atoms with van der Waals surface area (Å²) in [7, 11) is 0. The minimum absolute atomic E-state index is 0.0492. The summed E-state index contributed by atoms with van der Waals surface area (Å²) in [5, 5.41) is 4.78. The van der Waals surface area contributed by atoms with E-state index in [-0.39, 0.29) is 17.9 Å². The van der Waals surface area contributed by atoms with Crippen molar-refractivity contribution >= 4 is 16.8 Å². The molecule has 3 aromatic rings. The molecular formula is C22H23N3O2. The van der Waals surface area contributed by atoms with Gasteiger partial charge in [0.15, 0.2) is 0 Å². The first-order valence-corrected chi connectivity index (χ1v) is 9.41. The Bertz CT molecular complexity index is 1020. The lowest BCUT2D eigenvalue weighted by Gasteiger charge is -2.33. The molecule has 0 spiro atoms. The molecule has 1 aliphatic rings. The van der Waals surface area contributed by atoms with Crippen LogP contribution in [0.4, 0.5) is 0 Å². The summed E-state index contributed by atoms with van der Waals surface area (Å²) in [6.07, 6.45) is 3.40.